The number of hydrogen-bond acceptors (Lipinski definition) is 3. The van der Waals surface area contributed by atoms with Crippen molar-refractivity contribution in [2.75, 3.05) is 0 Å². The Bertz CT molecular complexity index is 609. The Kier molecular flexibility index (Phi) is 3.80. The maximum atomic E-state index is 11.1. The van der Waals surface area contributed by atoms with Gasteiger partial charge >= 0.3 is 21.2 Å². The van der Waals surface area contributed by atoms with E-state index in [-0.39, 0.29) is 4.90 Å². The Hall–Kier alpha value is -0.920. The molecule has 0 aliphatic carbocycles. The van der Waals surface area contributed by atoms with Crippen LogP contribution < -0.4 is 21.2 Å². The minimum Gasteiger partial charge on any atom is -0.744 e. The van der Waals surface area contributed by atoms with Crippen molar-refractivity contribution in [1.82, 2.24) is 0 Å². The summed E-state index contributed by atoms with van der Waals surface area (Å²) in [6.45, 7) is 0. The third kappa shape index (κ3) is 3.27. The molecule has 5 heteroatoms. The van der Waals surface area contributed by atoms with E-state index in [1.54, 1.807) is 18.2 Å². The standard InChI is InChI=1S/C12H9IO3S/c14-17(15,16)12-9-5-4-8-11(12)13-10-6-2-1-3-7-10/h1-9H. The van der Waals surface area contributed by atoms with Gasteiger partial charge in [0.25, 0.3) is 0 Å². The van der Waals surface area contributed by atoms with E-state index in [0.29, 0.717) is 3.57 Å². The molecule has 3 nitrogen and oxygen atoms in total. The van der Waals surface area contributed by atoms with Crippen LogP contribution in [0, 0.1) is 7.14 Å². The highest BCUT2D eigenvalue weighted by atomic mass is 127. The third-order valence-electron chi connectivity index (χ3n) is 2.05. The van der Waals surface area contributed by atoms with Crippen LogP contribution in [0.1, 0.15) is 0 Å². The first kappa shape index (κ1) is 12.5. The van der Waals surface area contributed by atoms with Gasteiger partial charge < -0.3 is 4.55 Å². The Balaban J connectivity index is 2.41. The average Bonchev–Trinajstić information content (AvgIpc) is 2.30. The molecule has 0 N–H and O–H groups in total. The molecule has 0 aromatic heterocycles. The van der Waals surface area contributed by atoms with Gasteiger partial charge in [0.15, 0.2) is 3.57 Å². The summed E-state index contributed by atoms with van der Waals surface area (Å²) in [5.41, 5.74) is 0. The van der Waals surface area contributed by atoms with Gasteiger partial charge in [-0.05, 0) is 24.3 Å². The van der Waals surface area contributed by atoms with Gasteiger partial charge in [-0.15, -0.1) is 0 Å². The second-order valence-electron chi connectivity index (χ2n) is 3.27. The molecule has 0 aliphatic heterocycles. The van der Waals surface area contributed by atoms with Crippen LogP contribution in [-0.4, -0.2) is 13.0 Å². The zero-order valence-corrected chi connectivity index (χ0v) is 11.7. The molecular formula is C12H9IO3S. The summed E-state index contributed by atoms with van der Waals surface area (Å²) in [7, 11) is -4.38. The van der Waals surface area contributed by atoms with Crippen LogP contribution in [0.5, 0.6) is 0 Å². The van der Waals surface area contributed by atoms with Crippen molar-refractivity contribution in [1.29, 1.82) is 0 Å². The van der Waals surface area contributed by atoms with E-state index in [4.69, 9.17) is 0 Å². The lowest BCUT2D eigenvalue weighted by atomic mass is 10.4. The first-order valence-electron chi connectivity index (χ1n) is 4.82. The highest BCUT2D eigenvalue weighted by Crippen LogP contribution is 2.06. The number of halogens is 1. The zero-order chi connectivity index (χ0) is 12.3. The van der Waals surface area contributed by atoms with Crippen molar-refractivity contribution >= 4 is 10.1 Å². The lowest BCUT2D eigenvalue weighted by Crippen LogP contribution is -3.61. The number of rotatable bonds is 3. The van der Waals surface area contributed by atoms with Crippen LogP contribution in [0.15, 0.2) is 59.5 Å². The van der Waals surface area contributed by atoms with Crippen molar-refractivity contribution in [2.45, 2.75) is 4.90 Å². The van der Waals surface area contributed by atoms with Gasteiger partial charge in [-0.2, -0.15) is 0 Å². The van der Waals surface area contributed by atoms with E-state index in [1.165, 1.54) is 6.07 Å². The fraction of sp³-hybridized carbons (Fsp3) is 0. The summed E-state index contributed by atoms with van der Waals surface area (Å²) < 4.78 is 35.0. The second-order valence-corrected chi connectivity index (χ2v) is 7.57. The summed E-state index contributed by atoms with van der Waals surface area (Å²) >= 11 is -0.638. The molecule has 0 unspecified atom stereocenters. The molecule has 0 spiro atoms. The third-order valence-corrected chi connectivity index (χ3v) is 6.17. The van der Waals surface area contributed by atoms with Crippen molar-refractivity contribution in [2.24, 2.45) is 0 Å². The van der Waals surface area contributed by atoms with Crippen molar-refractivity contribution < 1.29 is 34.2 Å². The Labute approximate surface area is 111 Å². The molecule has 0 aliphatic rings. The van der Waals surface area contributed by atoms with Crippen LogP contribution in [-0.2, 0) is 10.1 Å². The molecule has 0 amide bonds. The first-order valence-corrected chi connectivity index (χ1v) is 8.39. The molecular weight excluding hydrogens is 351 g/mol. The van der Waals surface area contributed by atoms with Crippen LogP contribution in [0.25, 0.3) is 0 Å². The minimum absolute atomic E-state index is 0.0864. The van der Waals surface area contributed by atoms with Crippen LogP contribution in [0.2, 0.25) is 0 Å². The summed E-state index contributed by atoms with van der Waals surface area (Å²) in [5.74, 6) is 0. The van der Waals surface area contributed by atoms with E-state index in [2.05, 4.69) is 0 Å². The molecule has 0 saturated heterocycles. The van der Waals surface area contributed by atoms with E-state index in [1.807, 2.05) is 30.3 Å². The number of hydrogen-bond donors (Lipinski definition) is 0. The second kappa shape index (κ2) is 5.16. The number of benzene rings is 2. The van der Waals surface area contributed by atoms with E-state index in [0.717, 1.165) is 3.57 Å². The van der Waals surface area contributed by atoms with Crippen molar-refractivity contribution in [3.8, 4) is 0 Å². The molecule has 0 fully saturated rings. The van der Waals surface area contributed by atoms with Gasteiger partial charge in [0, 0.05) is 0 Å². The Morgan fingerprint density at radius 2 is 1.47 bits per heavy atom. The largest absolute Gasteiger partial charge is 0.744 e. The molecule has 0 bridgehead atoms. The fourth-order valence-corrected chi connectivity index (χ4v) is 5.22. The van der Waals surface area contributed by atoms with Gasteiger partial charge in [-0.3, -0.25) is 0 Å². The summed E-state index contributed by atoms with van der Waals surface area (Å²) in [4.78, 5) is -0.0864. The average molecular weight is 360 g/mol. The maximum Gasteiger partial charge on any atom is 0.359 e. The lowest BCUT2D eigenvalue weighted by molar-refractivity contribution is -0.601. The Morgan fingerprint density at radius 3 is 2.12 bits per heavy atom. The first-order chi connectivity index (χ1) is 8.07. The lowest BCUT2D eigenvalue weighted by Gasteiger charge is -2.05. The highest BCUT2D eigenvalue weighted by Gasteiger charge is 2.22. The van der Waals surface area contributed by atoms with Gasteiger partial charge in [-0.25, -0.2) is 8.42 Å². The smallest absolute Gasteiger partial charge is 0.359 e. The molecule has 88 valence electrons. The van der Waals surface area contributed by atoms with Crippen molar-refractivity contribution in [3.05, 3.63) is 61.7 Å². The summed E-state index contributed by atoms with van der Waals surface area (Å²) in [5, 5.41) is 0. The normalized spacial score (nSPS) is 11.4. The minimum atomic E-state index is -4.38. The zero-order valence-electron chi connectivity index (χ0n) is 8.71. The molecule has 2 aromatic rings. The maximum absolute atomic E-state index is 11.1. The van der Waals surface area contributed by atoms with Gasteiger partial charge in [-0.1, -0.05) is 30.3 Å². The van der Waals surface area contributed by atoms with E-state index >= 15 is 0 Å². The molecule has 0 atom stereocenters. The monoisotopic (exact) mass is 360 g/mol. The van der Waals surface area contributed by atoms with Crippen LogP contribution >= 0.6 is 0 Å². The Morgan fingerprint density at radius 1 is 0.882 bits per heavy atom. The van der Waals surface area contributed by atoms with E-state index < -0.39 is 31.3 Å². The molecule has 0 radical (unpaired) electrons. The van der Waals surface area contributed by atoms with Crippen molar-refractivity contribution in [3.63, 3.8) is 0 Å². The van der Waals surface area contributed by atoms with Crippen LogP contribution in [0.3, 0.4) is 0 Å². The summed E-state index contributed by atoms with van der Waals surface area (Å²) in [6, 6.07) is 16.0. The predicted molar refractivity (Wildman–Crippen MR) is 58.2 cm³/mol. The molecule has 2 aromatic carbocycles. The topological polar surface area (TPSA) is 57.2 Å². The SMILES string of the molecule is O=S(=O)([O-])c1ccccc1[I+]c1ccccc1. The summed E-state index contributed by atoms with van der Waals surface area (Å²) in [6.07, 6.45) is 0. The molecule has 17 heavy (non-hydrogen) atoms. The van der Waals surface area contributed by atoms with Crippen LogP contribution in [0.4, 0.5) is 0 Å². The van der Waals surface area contributed by atoms with Gasteiger partial charge in [0.05, 0.1) is 0 Å². The highest BCUT2D eigenvalue weighted by molar-refractivity contribution is 7.85. The van der Waals surface area contributed by atoms with Gasteiger partial charge in [0.1, 0.15) is 15.0 Å². The quantitative estimate of drug-likeness (QED) is 0.506. The molecule has 0 heterocycles. The molecule has 2 rings (SSSR count). The predicted octanol–water partition coefficient (Wildman–Crippen LogP) is -1.28. The fourth-order valence-electron chi connectivity index (χ4n) is 1.32. The van der Waals surface area contributed by atoms with Gasteiger partial charge in [0.2, 0.25) is 3.57 Å². The molecule has 0 saturated carbocycles. The van der Waals surface area contributed by atoms with E-state index in [9.17, 15) is 13.0 Å².